The molecule has 1 heterocycles. The van der Waals surface area contributed by atoms with E-state index in [1.165, 1.54) is 19.3 Å². The highest BCUT2D eigenvalue weighted by Crippen LogP contribution is 2.28. The maximum Gasteiger partial charge on any atom is 0.263 e. The lowest BCUT2D eigenvalue weighted by Crippen LogP contribution is -2.51. The minimum absolute atomic E-state index is 0.136. The van der Waals surface area contributed by atoms with Gasteiger partial charge in [0.05, 0.1) is 23.5 Å². The summed E-state index contributed by atoms with van der Waals surface area (Å²) in [6.07, 6.45) is 6.42. The van der Waals surface area contributed by atoms with Crippen LogP contribution in [0.4, 0.5) is 5.69 Å². The van der Waals surface area contributed by atoms with Gasteiger partial charge in [-0.05, 0) is 62.6 Å². The SMILES string of the molecule is CCN(Nc1ccc(OC)cc1)C(=O)C(CC1CCCCC1)NC(=O)c1cccc(-c2csc(C)n2)c1. The van der Waals surface area contributed by atoms with E-state index in [1.807, 2.05) is 61.7 Å². The third-order valence-electron chi connectivity index (χ3n) is 6.87. The first-order chi connectivity index (χ1) is 18.0. The van der Waals surface area contributed by atoms with E-state index in [4.69, 9.17) is 4.74 Å². The summed E-state index contributed by atoms with van der Waals surface area (Å²) in [6.45, 7) is 4.35. The molecule has 1 saturated carbocycles. The molecular weight excluding hydrogens is 484 g/mol. The van der Waals surface area contributed by atoms with E-state index in [9.17, 15) is 9.59 Å². The molecule has 3 aromatic rings. The molecule has 0 saturated heterocycles. The van der Waals surface area contributed by atoms with E-state index in [1.54, 1.807) is 29.5 Å². The van der Waals surface area contributed by atoms with E-state index in [2.05, 4.69) is 15.7 Å². The van der Waals surface area contributed by atoms with Crippen LogP contribution in [-0.2, 0) is 4.79 Å². The lowest BCUT2D eigenvalue weighted by Gasteiger charge is -2.31. The standard InChI is InChI=1S/C29H36N4O3S/c1-4-33(32-24-13-15-25(36-3)16-14-24)29(35)26(17-21-9-6-5-7-10-21)31-28(34)23-12-8-11-22(18-23)27-19-37-20(2)30-27/h8,11-16,18-19,21,26,32H,4-7,9-10,17H2,1-3H3,(H,31,34). The van der Waals surface area contributed by atoms with E-state index >= 15 is 0 Å². The molecule has 2 N–H and O–H groups in total. The number of ether oxygens (including phenoxy) is 1. The molecule has 0 bridgehead atoms. The van der Waals surface area contributed by atoms with Crippen LogP contribution >= 0.6 is 11.3 Å². The predicted molar refractivity (Wildman–Crippen MR) is 149 cm³/mol. The normalized spacial score (nSPS) is 14.6. The van der Waals surface area contributed by atoms with Gasteiger partial charge in [-0.25, -0.2) is 4.98 Å². The van der Waals surface area contributed by atoms with Crippen molar-refractivity contribution in [3.8, 4) is 17.0 Å². The highest BCUT2D eigenvalue weighted by atomic mass is 32.1. The van der Waals surface area contributed by atoms with Crippen LogP contribution in [0, 0.1) is 12.8 Å². The smallest absolute Gasteiger partial charge is 0.263 e. The fourth-order valence-electron chi connectivity index (χ4n) is 4.83. The molecule has 1 aliphatic carbocycles. The molecule has 1 unspecified atom stereocenters. The lowest BCUT2D eigenvalue weighted by atomic mass is 9.84. The van der Waals surface area contributed by atoms with Gasteiger partial charge in [0.1, 0.15) is 11.8 Å². The lowest BCUT2D eigenvalue weighted by molar-refractivity contribution is -0.132. The Morgan fingerprint density at radius 3 is 2.54 bits per heavy atom. The summed E-state index contributed by atoms with van der Waals surface area (Å²) in [6, 6.07) is 14.3. The van der Waals surface area contributed by atoms with Crippen molar-refractivity contribution in [3.63, 3.8) is 0 Å². The molecule has 7 nitrogen and oxygen atoms in total. The molecule has 196 valence electrons. The van der Waals surface area contributed by atoms with E-state index in [-0.39, 0.29) is 11.8 Å². The second kappa shape index (κ2) is 12.7. The second-order valence-corrected chi connectivity index (χ2v) is 10.6. The van der Waals surface area contributed by atoms with E-state index in [0.717, 1.165) is 40.5 Å². The van der Waals surface area contributed by atoms with Crippen LogP contribution in [0.5, 0.6) is 5.75 Å². The second-order valence-electron chi connectivity index (χ2n) is 9.52. The molecule has 0 aliphatic heterocycles. The molecule has 4 rings (SSSR count). The summed E-state index contributed by atoms with van der Waals surface area (Å²) in [5.74, 6) is 0.788. The van der Waals surface area contributed by atoms with Crippen molar-refractivity contribution in [1.29, 1.82) is 0 Å². The molecule has 2 aromatic carbocycles. The molecule has 0 radical (unpaired) electrons. The van der Waals surface area contributed by atoms with Crippen LogP contribution < -0.4 is 15.5 Å². The maximum absolute atomic E-state index is 13.7. The summed E-state index contributed by atoms with van der Waals surface area (Å²) in [4.78, 5) is 31.7. The van der Waals surface area contributed by atoms with Gasteiger partial charge in [0, 0.05) is 23.1 Å². The number of carbonyl (C=O) groups is 2. The minimum atomic E-state index is -0.619. The zero-order valence-corrected chi connectivity index (χ0v) is 22.6. The first-order valence-corrected chi connectivity index (χ1v) is 13.9. The number of nitrogens with zero attached hydrogens (tertiary/aromatic N) is 2. The van der Waals surface area contributed by atoms with Gasteiger partial charge in [-0.2, -0.15) is 0 Å². The number of thiazole rings is 1. The predicted octanol–water partition coefficient (Wildman–Crippen LogP) is 6.07. The van der Waals surface area contributed by atoms with Crippen LogP contribution in [0.15, 0.2) is 53.9 Å². The largest absolute Gasteiger partial charge is 0.497 e. The summed E-state index contributed by atoms with van der Waals surface area (Å²) in [5.41, 5.74) is 6.27. The maximum atomic E-state index is 13.7. The van der Waals surface area contributed by atoms with Crippen LogP contribution in [0.2, 0.25) is 0 Å². The van der Waals surface area contributed by atoms with Crippen LogP contribution in [0.25, 0.3) is 11.3 Å². The molecule has 1 aromatic heterocycles. The Balaban J connectivity index is 1.52. The topological polar surface area (TPSA) is 83.6 Å². The molecule has 1 aliphatic rings. The Labute approximate surface area is 223 Å². The number of benzene rings is 2. The third-order valence-corrected chi connectivity index (χ3v) is 7.65. The zero-order chi connectivity index (χ0) is 26.2. The molecule has 1 atom stereocenters. The average Bonchev–Trinajstić information content (AvgIpc) is 3.38. The van der Waals surface area contributed by atoms with Gasteiger partial charge in [0.2, 0.25) is 0 Å². The van der Waals surface area contributed by atoms with Gasteiger partial charge in [-0.3, -0.25) is 20.0 Å². The first kappa shape index (κ1) is 26.7. The number of hydrogen-bond acceptors (Lipinski definition) is 6. The molecule has 0 spiro atoms. The summed E-state index contributed by atoms with van der Waals surface area (Å²) < 4.78 is 5.24. The first-order valence-electron chi connectivity index (χ1n) is 13.0. The minimum Gasteiger partial charge on any atom is -0.497 e. The Bertz CT molecular complexity index is 1190. The van der Waals surface area contributed by atoms with Gasteiger partial charge in [0.25, 0.3) is 11.8 Å². The van der Waals surface area contributed by atoms with Crippen molar-refractivity contribution in [1.82, 2.24) is 15.3 Å². The number of likely N-dealkylation sites (N-methyl/N-ethyl adjacent to an activating group) is 1. The molecular formula is C29H36N4O3S. The third kappa shape index (κ3) is 7.10. The number of amides is 2. The van der Waals surface area contributed by atoms with Gasteiger partial charge >= 0.3 is 0 Å². The summed E-state index contributed by atoms with van der Waals surface area (Å²) in [5, 5.41) is 7.63. The monoisotopic (exact) mass is 520 g/mol. The van der Waals surface area contributed by atoms with Gasteiger partial charge in [-0.1, -0.05) is 44.2 Å². The number of hydrazine groups is 1. The van der Waals surface area contributed by atoms with E-state index < -0.39 is 6.04 Å². The summed E-state index contributed by atoms with van der Waals surface area (Å²) in [7, 11) is 1.62. The van der Waals surface area contributed by atoms with Crippen LogP contribution in [0.1, 0.15) is 60.8 Å². The highest BCUT2D eigenvalue weighted by Gasteiger charge is 2.29. The fourth-order valence-corrected chi connectivity index (χ4v) is 5.46. The number of aryl methyl sites for hydroxylation is 1. The number of methoxy groups -OCH3 is 1. The van der Waals surface area contributed by atoms with Crippen molar-refractivity contribution in [2.24, 2.45) is 5.92 Å². The number of nitrogens with one attached hydrogen (secondary N) is 2. The van der Waals surface area contributed by atoms with Crippen molar-refractivity contribution < 1.29 is 14.3 Å². The average molecular weight is 521 g/mol. The molecule has 1 fully saturated rings. The zero-order valence-electron chi connectivity index (χ0n) is 21.8. The van der Waals surface area contributed by atoms with Crippen molar-refractivity contribution in [2.75, 3.05) is 19.1 Å². The number of rotatable bonds is 10. The quantitative estimate of drug-likeness (QED) is 0.317. The summed E-state index contributed by atoms with van der Waals surface area (Å²) >= 11 is 1.58. The highest BCUT2D eigenvalue weighted by molar-refractivity contribution is 7.09. The fraction of sp³-hybridized carbons (Fsp3) is 0.414. The number of aromatic nitrogens is 1. The molecule has 2 amide bonds. The van der Waals surface area contributed by atoms with Crippen molar-refractivity contribution in [3.05, 3.63) is 64.5 Å². The Kier molecular flexibility index (Phi) is 9.17. The molecule has 37 heavy (non-hydrogen) atoms. The van der Waals surface area contributed by atoms with Crippen LogP contribution in [-0.4, -0.2) is 41.5 Å². The molecule has 8 heteroatoms. The Morgan fingerprint density at radius 1 is 1.14 bits per heavy atom. The van der Waals surface area contributed by atoms with Gasteiger partial charge in [0.15, 0.2) is 0 Å². The number of anilines is 1. The van der Waals surface area contributed by atoms with Crippen LogP contribution in [0.3, 0.4) is 0 Å². The Morgan fingerprint density at radius 2 is 1.89 bits per heavy atom. The Hall–Kier alpha value is -3.39. The van der Waals surface area contributed by atoms with Crippen molar-refractivity contribution in [2.45, 2.75) is 58.4 Å². The van der Waals surface area contributed by atoms with Gasteiger partial charge in [-0.15, -0.1) is 11.3 Å². The van der Waals surface area contributed by atoms with Gasteiger partial charge < -0.3 is 10.1 Å². The van der Waals surface area contributed by atoms with Crippen molar-refractivity contribution >= 4 is 28.8 Å². The number of carbonyl (C=O) groups excluding carboxylic acids is 2. The number of hydrogen-bond donors (Lipinski definition) is 2. The van der Waals surface area contributed by atoms with E-state index in [0.29, 0.717) is 24.4 Å².